The monoisotopic (exact) mass is 424 g/mol. The number of benzene rings is 2. The van der Waals surface area contributed by atoms with Gasteiger partial charge in [-0.05, 0) is 49.4 Å². The summed E-state index contributed by atoms with van der Waals surface area (Å²) in [6.45, 7) is 3.77. The van der Waals surface area contributed by atoms with Crippen LogP contribution in [0.15, 0.2) is 27.6 Å². The zero-order valence-corrected chi connectivity index (χ0v) is 17.6. The summed E-state index contributed by atoms with van der Waals surface area (Å²) in [4.78, 5) is 14.2. The third-order valence-corrected chi connectivity index (χ3v) is 5.72. The van der Waals surface area contributed by atoms with E-state index in [1.165, 1.54) is 11.8 Å². The number of hydrogen-bond donors (Lipinski definition) is 0. The minimum absolute atomic E-state index is 0.136. The van der Waals surface area contributed by atoms with E-state index in [9.17, 15) is 4.79 Å². The molecule has 0 radical (unpaired) electrons. The fourth-order valence-corrected chi connectivity index (χ4v) is 3.84. The van der Waals surface area contributed by atoms with Crippen LogP contribution in [0.5, 0.6) is 17.2 Å². The number of thioether (sulfide) groups is 1. The van der Waals surface area contributed by atoms with Gasteiger partial charge >= 0.3 is 0 Å². The van der Waals surface area contributed by atoms with Crippen LogP contribution in [-0.2, 0) is 0 Å². The second kappa shape index (κ2) is 8.15. The standard InChI is InChI=1S/C19H21BrO4S/c1-10-9-14(23-4)19(25-6)18(24-5)15(10)17(21)16-11(2)12(20)7-8-13(16)22-3/h7-9H,1-6H3. The maximum atomic E-state index is 13.4. The maximum absolute atomic E-state index is 13.4. The number of halogens is 1. The minimum Gasteiger partial charge on any atom is -0.496 e. The first-order valence-corrected chi connectivity index (χ1v) is 9.60. The Labute approximate surface area is 161 Å². The molecule has 0 saturated carbocycles. The normalized spacial score (nSPS) is 10.5. The summed E-state index contributed by atoms with van der Waals surface area (Å²) in [5.41, 5.74) is 2.66. The zero-order chi connectivity index (χ0) is 18.7. The van der Waals surface area contributed by atoms with Crippen molar-refractivity contribution in [3.05, 3.63) is 44.9 Å². The van der Waals surface area contributed by atoms with Crippen LogP contribution in [0.3, 0.4) is 0 Å². The first kappa shape index (κ1) is 19.7. The van der Waals surface area contributed by atoms with Gasteiger partial charge in [-0.2, -0.15) is 0 Å². The third kappa shape index (κ3) is 3.51. The summed E-state index contributed by atoms with van der Waals surface area (Å²) < 4.78 is 17.3. The fourth-order valence-electron chi connectivity index (χ4n) is 2.80. The summed E-state index contributed by atoms with van der Waals surface area (Å²) in [5.74, 6) is 1.61. The first-order chi connectivity index (χ1) is 11.9. The topological polar surface area (TPSA) is 44.8 Å². The van der Waals surface area contributed by atoms with Crippen molar-refractivity contribution in [3.63, 3.8) is 0 Å². The SMILES string of the molecule is COc1cc(C)c(C(=O)c2c(OC)ccc(Br)c2C)c(OC)c1SC. The molecule has 2 aromatic rings. The van der Waals surface area contributed by atoms with Crippen LogP contribution in [0.25, 0.3) is 0 Å². The number of carbonyl (C=O) groups is 1. The zero-order valence-electron chi connectivity index (χ0n) is 15.2. The molecule has 0 aliphatic carbocycles. The summed E-state index contributed by atoms with van der Waals surface area (Å²) in [6, 6.07) is 5.52. The summed E-state index contributed by atoms with van der Waals surface area (Å²) in [6.07, 6.45) is 1.93. The second-order valence-electron chi connectivity index (χ2n) is 5.42. The van der Waals surface area contributed by atoms with E-state index >= 15 is 0 Å². The number of carbonyl (C=O) groups excluding carboxylic acids is 1. The molecule has 0 amide bonds. The largest absolute Gasteiger partial charge is 0.496 e. The van der Waals surface area contributed by atoms with E-state index in [0.717, 1.165) is 20.5 Å². The van der Waals surface area contributed by atoms with Crippen molar-refractivity contribution in [2.75, 3.05) is 27.6 Å². The van der Waals surface area contributed by atoms with Gasteiger partial charge in [0.25, 0.3) is 0 Å². The number of methoxy groups -OCH3 is 3. The van der Waals surface area contributed by atoms with E-state index in [1.54, 1.807) is 27.4 Å². The van der Waals surface area contributed by atoms with E-state index in [2.05, 4.69) is 15.9 Å². The lowest BCUT2D eigenvalue weighted by Crippen LogP contribution is -2.11. The van der Waals surface area contributed by atoms with Crippen LogP contribution >= 0.6 is 27.7 Å². The van der Waals surface area contributed by atoms with Gasteiger partial charge in [0.05, 0.1) is 37.4 Å². The lowest BCUT2D eigenvalue weighted by Gasteiger charge is -2.19. The molecule has 0 atom stereocenters. The number of aryl methyl sites for hydroxylation is 1. The van der Waals surface area contributed by atoms with Gasteiger partial charge < -0.3 is 14.2 Å². The summed E-state index contributed by atoms with van der Waals surface area (Å²) in [5, 5.41) is 0. The van der Waals surface area contributed by atoms with E-state index < -0.39 is 0 Å². The smallest absolute Gasteiger partial charge is 0.201 e. The van der Waals surface area contributed by atoms with Crippen molar-refractivity contribution in [2.24, 2.45) is 0 Å². The lowest BCUT2D eigenvalue weighted by molar-refractivity contribution is 0.103. The van der Waals surface area contributed by atoms with Crippen LogP contribution in [0.1, 0.15) is 27.0 Å². The molecular formula is C19H21BrO4S. The van der Waals surface area contributed by atoms with E-state index in [-0.39, 0.29) is 5.78 Å². The van der Waals surface area contributed by atoms with Crippen molar-refractivity contribution in [1.29, 1.82) is 0 Å². The second-order valence-corrected chi connectivity index (χ2v) is 7.09. The molecule has 134 valence electrons. The predicted molar refractivity (Wildman–Crippen MR) is 105 cm³/mol. The van der Waals surface area contributed by atoms with Crippen LogP contribution in [0.4, 0.5) is 0 Å². The van der Waals surface area contributed by atoms with Crippen molar-refractivity contribution in [3.8, 4) is 17.2 Å². The molecule has 4 nitrogen and oxygen atoms in total. The lowest BCUT2D eigenvalue weighted by atomic mass is 9.94. The van der Waals surface area contributed by atoms with E-state index in [0.29, 0.717) is 28.4 Å². The van der Waals surface area contributed by atoms with Gasteiger partial charge in [0, 0.05) is 4.47 Å². The first-order valence-electron chi connectivity index (χ1n) is 7.58. The van der Waals surface area contributed by atoms with Crippen LogP contribution in [-0.4, -0.2) is 33.4 Å². The molecule has 0 saturated heterocycles. The number of ketones is 1. The molecule has 0 heterocycles. The van der Waals surface area contributed by atoms with Gasteiger partial charge in [-0.3, -0.25) is 4.79 Å². The number of hydrogen-bond acceptors (Lipinski definition) is 5. The fraction of sp³-hybridized carbons (Fsp3) is 0.316. The van der Waals surface area contributed by atoms with Crippen LogP contribution in [0, 0.1) is 13.8 Å². The molecule has 2 aromatic carbocycles. The molecular weight excluding hydrogens is 404 g/mol. The van der Waals surface area contributed by atoms with Gasteiger partial charge in [0.2, 0.25) is 5.78 Å². The quantitative estimate of drug-likeness (QED) is 0.479. The highest BCUT2D eigenvalue weighted by Crippen LogP contribution is 2.43. The molecule has 0 aromatic heterocycles. The average Bonchev–Trinajstić information content (AvgIpc) is 2.61. The third-order valence-electron chi connectivity index (χ3n) is 4.06. The Morgan fingerprint density at radius 2 is 1.64 bits per heavy atom. The van der Waals surface area contributed by atoms with Gasteiger partial charge in [-0.1, -0.05) is 15.9 Å². The Kier molecular flexibility index (Phi) is 6.41. The molecule has 0 spiro atoms. The molecule has 0 bridgehead atoms. The number of ether oxygens (including phenoxy) is 3. The minimum atomic E-state index is -0.136. The molecule has 0 fully saturated rings. The van der Waals surface area contributed by atoms with Crippen molar-refractivity contribution in [1.82, 2.24) is 0 Å². The highest BCUT2D eigenvalue weighted by molar-refractivity contribution is 9.10. The Balaban J connectivity index is 2.79. The summed E-state index contributed by atoms with van der Waals surface area (Å²) in [7, 11) is 4.73. The Morgan fingerprint density at radius 3 is 2.16 bits per heavy atom. The highest BCUT2D eigenvalue weighted by atomic mass is 79.9. The van der Waals surface area contributed by atoms with Gasteiger partial charge in [0.1, 0.15) is 17.2 Å². The molecule has 0 N–H and O–H groups in total. The molecule has 25 heavy (non-hydrogen) atoms. The van der Waals surface area contributed by atoms with Gasteiger partial charge in [-0.25, -0.2) is 0 Å². The van der Waals surface area contributed by atoms with E-state index in [1.807, 2.05) is 32.2 Å². The van der Waals surface area contributed by atoms with Crippen molar-refractivity contribution < 1.29 is 19.0 Å². The molecule has 2 rings (SSSR count). The van der Waals surface area contributed by atoms with Crippen LogP contribution < -0.4 is 14.2 Å². The van der Waals surface area contributed by atoms with Crippen molar-refractivity contribution in [2.45, 2.75) is 18.7 Å². The van der Waals surface area contributed by atoms with Crippen LogP contribution in [0.2, 0.25) is 0 Å². The number of rotatable bonds is 6. The molecule has 6 heteroatoms. The average molecular weight is 425 g/mol. The predicted octanol–water partition coefficient (Wildman–Crippen LogP) is 5.04. The molecule has 0 aliphatic rings. The Morgan fingerprint density at radius 1 is 1.00 bits per heavy atom. The van der Waals surface area contributed by atoms with Gasteiger partial charge in [-0.15, -0.1) is 11.8 Å². The Hall–Kier alpha value is -1.66. The van der Waals surface area contributed by atoms with Gasteiger partial charge in [0.15, 0.2) is 0 Å². The molecule has 0 unspecified atom stereocenters. The van der Waals surface area contributed by atoms with Crippen molar-refractivity contribution >= 4 is 33.5 Å². The summed E-state index contributed by atoms with van der Waals surface area (Å²) >= 11 is 4.97. The molecule has 0 aliphatic heterocycles. The highest BCUT2D eigenvalue weighted by Gasteiger charge is 2.27. The maximum Gasteiger partial charge on any atom is 0.201 e. The van der Waals surface area contributed by atoms with E-state index in [4.69, 9.17) is 14.2 Å². The Bertz CT molecular complexity index is 818.